The number of hydrogen-bond donors (Lipinski definition) is 0. The normalized spacial score (nSPS) is 31.3. The van der Waals surface area contributed by atoms with Gasteiger partial charge in [0.05, 0.1) is 25.4 Å². The summed E-state index contributed by atoms with van der Waals surface area (Å²) in [6.07, 6.45) is 4.60. The fourth-order valence-electron chi connectivity index (χ4n) is 3.18. The van der Waals surface area contributed by atoms with E-state index in [1.54, 1.807) is 11.3 Å². The average Bonchev–Trinajstić information content (AvgIpc) is 2.99. The van der Waals surface area contributed by atoms with Gasteiger partial charge in [-0.15, -0.1) is 6.58 Å². The van der Waals surface area contributed by atoms with Crippen molar-refractivity contribution in [3.05, 3.63) is 35.0 Å². The van der Waals surface area contributed by atoms with E-state index in [-0.39, 0.29) is 12.2 Å². The van der Waals surface area contributed by atoms with E-state index in [0.717, 1.165) is 26.1 Å². The third kappa shape index (κ3) is 2.92. The number of thiophene rings is 1. The number of hydrogen-bond acceptors (Lipinski definition) is 4. The zero-order valence-electron chi connectivity index (χ0n) is 11.2. The zero-order valence-corrected chi connectivity index (χ0v) is 12.0. The highest BCUT2D eigenvalue weighted by Crippen LogP contribution is 2.32. The molecule has 2 heterocycles. The zero-order chi connectivity index (χ0) is 13.1. The molecule has 1 saturated heterocycles. The van der Waals surface area contributed by atoms with Crippen molar-refractivity contribution in [2.24, 2.45) is 0 Å². The molecule has 1 aromatic heterocycles. The van der Waals surface area contributed by atoms with Crippen LogP contribution in [0.1, 0.15) is 18.4 Å². The van der Waals surface area contributed by atoms with Crippen LogP contribution >= 0.6 is 11.3 Å². The Labute approximate surface area is 118 Å². The summed E-state index contributed by atoms with van der Waals surface area (Å²) in [6, 6.07) is 2.70. The Bertz CT molecular complexity index is 406. The molecule has 19 heavy (non-hydrogen) atoms. The number of ether oxygens (including phenoxy) is 2. The summed E-state index contributed by atoms with van der Waals surface area (Å²) in [5, 5.41) is 4.38. The van der Waals surface area contributed by atoms with Crippen molar-refractivity contribution in [1.82, 2.24) is 4.90 Å². The maximum Gasteiger partial charge on any atom is 0.0995 e. The van der Waals surface area contributed by atoms with E-state index in [1.165, 1.54) is 12.0 Å². The van der Waals surface area contributed by atoms with Crippen molar-refractivity contribution in [1.29, 1.82) is 0 Å². The smallest absolute Gasteiger partial charge is 0.0995 e. The SMILES string of the molecule is C=CCOC1C2CCC1N(Cc1ccsc1)CCO2. The highest BCUT2D eigenvalue weighted by molar-refractivity contribution is 7.07. The van der Waals surface area contributed by atoms with Gasteiger partial charge in [-0.2, -0.15) is 11.3 Å². The van der Waals surface area contributed by atoms with Crippen LogP contribution in [0.3, 0.4) is 0 Å². The van der Waals surface area contributed by atoms with E-state index >= 15 is 0 Å². The lowest BCUT2D eigenvalue weighted by molar-refractivity contribution is -0.0447. The Kier molecular flexibility index (Phi) is 4.33. The molecule has 3 rings (SSSR count). The number of rotatable bonds is 5. The molecule has 0 aromatic carbocycles. The van der Waals surface area contributed by atoms with Crippen LogP contribution in [0.4, 0.5) is 0 Å². The first-order valence-electron chi connectivity index (χ1n) is 6.97. The molecule has 1 saturated carbocycles. The van der Waals surface area contributed by atoms with Crippen LogP contribution in [0.5, 0.6) is 0 Å². The van der Waals surface area contributed by atoms with Gasteiger partial charge in [0.2, 0.25) is 0 Å². The summed E-state index contributed by atoms with van der Waals surface area (Å²) in [7, 11) is 0. The van der Waals surface area contributed by atoms with Crippen molar-refractivity contribution in [3.63, 3.8) is 0 Å². The lowest BCUT2D eigenvalue weighted by Crippen LogP contribution is -2.42. The maximum atomic E-state index is 5.97. The van der Waals surface area contributed by atoms with Crippen molar-refractivity contribution in [2.75, 3.05) is 19.8 Å². The first-order chi connectivity index (χ1) is 9.38. The minimum absolute atomic E-state index is 0.208. The van der Waals surface area contributed by atoms with Crippen molar-refractivity contribution in [2.45, 2.75) is 37.6 Å². The summed E-state index contributed by atoms with van der Waals surface area (Å²) in [5.74, 6) is 0. The molecule has 2 bridgehead atoms. The lowest BCUT2D eigenvalue weighted by atomic mass is 10.1. The summed E-state index contributed by atoms with van der Waals surface area (Å²) in [4.78, 5) is 2.53. The van der Waals surface area contributed by atoms with E-state index in [2.05, 4.69) is 28.3 Å². The third-order valence-electron chi connectivity index (χ3n) is 4.04. The molecular formula is C15H21NO2S. The highest BCUT2D eigenvalue weighted by atomic mass is 32.1. The van der Waals surface area contributed by atoms with Gasteiger partial charge < -0.3 is 9.47 Å². The molecule has 0 radical (unpaired) electrons. The minimum Gasteiger partial charge on any atom is -0.374 e. The summed E-state index contributed by atoms with van der Waals surface area (Å²) in [5.41, 5.74) is 1.40. The largest absolute Gasteiger partial charge is 0.374 e. The van der Waals surface area contributed by atoms with E-state index in [1.807, 2.05) is 6.08 Å². The fraction of sp³-hybridized carbons (Fsp3) is 0.600. The molecule has 104 valence electrons. The molecular weight excluding hydrogens is 258 g/mol. The average molecular weight is 279 g/mol. The Balaban J connectivity index is 1.71. The van der Waals surface area contributed by atoms with Gasteiger partial charge in [-0.3, -0.25) is 4.90 Å². The molecule has 0 spiro atoms. The monoisotopic (exact) mass is 279 g/mol. The fourth-order valence-corrected chi connectivity index (χ4v) is 3.84. The first-order valence-corrected chi connectivity index (χ1v) is 7.92. The topological polar surface area (TPSA) is 21.7 Å². The molecule has 2 fully saturated rings. The van der Waals surface area contributed by atoms with Crippen LogP contribution in [0.15, 0.2) is 29.5 Å². The van der Waals surface area contributed by atoms with Crippen LogP contribution < -0.4 is 0 Å². The molecule has 0 N–H and O–H groups in total. The van der Waals surface area contributed by atoms with Gasteiger partial charge in [0.1, 0.15) is 0 Å². The van der Waals surface area contributed by atoms with Crippen molar-refractivity contribution >= 4 is 11.3 Å². The van der Waals surface area contributed by atoms with Gasteiger partial charge in [0, 0.05) is 19.1 Å². The summed E-state index contributed by atoms with van der Waals surface area (Å²) < 4.78 is 11.9. The van der Waals surface area contributed by atoms with Crippen LogP contribution in [0.25, 0.3) is 0 Å². The summed E-state index contributed by atoms with van der Waals surface area (Å²) >= 11 is 1.76. The van der Waals surface area contributed by atoms with E-state index in [4.69, 9.17) is 9.47 Å². The molecule has 0 amide bonds. The van der Waals surface area contributed by atoms with Crippen LogP contribution in [0, 0.1) is 0 Å². The Morgan fingerprint density at radius 3 is 3.26 bits per heavy atom. The van der Waals surface area contributed by atoms with Gasteiger partial charge in [-0.05, 0) is 35.2 Å². The van der Waals surface area contributed by atoms with E-state index in [9.17, 15) is 0 Å². The van der Waals surface area contributed by atoms with Gasteiger partial charge in [-0.25, -0.2) is 0 Å². The Hall–Kier alpha value is -0.680. The maximum absolute atomic E-state index is 5.97. The minimum atomic E-state index is 0.208. The Morgan fingerprint density at radius 1 is 1.53 bits per heavy atom. The quantitative estimate of drug-likeness (QED) is 0.774. The number of fused-ring (bicyclic) bond motifs is 2. The van der Waals surface area contributed by atoms with Gasteiger partial charge >= 0.3 is 0 Å². The second-order valence-corrected chi connectivity index (χ2v) is 6.02. The summed E-state index contributed by atoms with van der Waals surface area (Å²) in [6.45, 7) is 7.19. The molecule has 1 aromatic rings. The highest BCUT2D eigenvalue weighted by Gasteiger charge is 2.42. The van der Waals surface area contributed by atoms with Crippen LogP contribution in [0.2, 0.25) is 0 Å². The molecule has 3 unspecified atom stereocenters. The molecule has 1 aliphatic carbocycles. The van der Waals surface area contributed by atoms with Gasteiger partial charge in [0.15, 0.2) is 0 Å². The standard InChI is InChI=1S/C15H21NO2S/c1-2-7-18-15-13-3-4-14(15)17-8-6-16(13)10-12-5-9-19-11-12/h2,5,9,11,13-15H,1,3-4,6-8,10H2. The molecule has 4 heteroatoms. The predicted molar refractivity (Wildman–Crippen MR) is 77.4 cm³/mol. The van der Waals surface area contributed by atoms with Gasteiger partial charge in [0.25, 0.3) is 0 Å². The third-order valence-corrected chi connectivity index (χ3v) is 4.78. The molecule has 2 aliphatic rings. The number of nitrogens with zero attached hydrogens (tertiary/aromatic N) is 1. The second-order valence-electron chi connectivity index (χ2n) is 5.24. The van der Waals surface area contributed by atoms with Crippen molar-refractivity contribution in [3.8, 4) is 0 Å². The molecule has 3 nitrogen and oxygen atoms in total. The van der Waals surface area contributed by atoms with Gasteiger partial charge in [-0.1, -0.05) is 6.08 Å². The van der Waals surface area contributed by atoms with Crippen LogP contribution in [-0.4, -0.2) is 42.9 Å². The predicted octanol–water partition coefficient (Wildman–Crippen LogP) is 2.68. The van der Waals surface area contributed by atoms with Crippen LogP contribution in [-0.2, 0) is 16.0 Å². The van der Waals surface area contributed by atoms with E-state index < -0.39 is 0 Å². The molecule has 1 aliphatic heterocycles. The van der Waals surface area contributed by atoms with Crippen molar-refractivity contribution < 1.29 is 9.47 Å². The molecule has 3 atom stereocenters. The second kappa shape index (κ2) is 6.18. The van der Waals surface area contributed by atoms with E-state index in [0.29, 0.717) is 12.6 Å². The Morgan fingerprint density at radius 2 is 2.47 bits per heavy atom. The first kappa shape index (κ1) is 13.3. The lowest BCUT2D eigenvalue weighted by Gasteiger charge is -2.30.